The lowest BCUT2D eigenvalue weighted by atomic mass is 9.84. The van der Waals surface area contributed by atoms with E-state index < -0.39 is 6.10 Å². The molecule has 5 heteroatoms. The maximum Gasteiger partial charge on any atom is 0.338 e. The number of carbonyl (C=O) groups is 1. The molecule has 0 saturated carbocycles. The molecule has 0 bridgehead atoms. The second-order valence-electron chi connectivity index (χ2n) is 6.61. The molecular formula is C21H24O4S. The summed E-state index contributed by atoms with van der Waals surface area (Å²) in [5.74, 6) is -0.199. The zero-order valence-corrected chi connectivity index (χ0v) is 15.8. The number of hydrogen-bond donors (Lipinski definition) is 1. The van der Waals surface area contributed by atoms with Crippen molar-refractivity contribution in [1.82, 2.24) is 0 Å². The normalized spacial score (nSPS) is 28.5. The van der Waals surface area contributed by atoms with Crippen molar-refractivity contribution in [2.24, 2.45) is 11.8 Å². The van der Waals surface area contributed by atoms with Crippen LogP contribution in [-0.2, 0) is 9.47 Å². The summed E-state index contributed by atoms with van der Waals surface area (Å²) in [5.41, 5.74) is 0.161. The first kappa shape index (κ1) is 19.0. The monoisotopic (exact) mass is 372 g/mol. The standard InChI is InChI=1S/C21H24O4S/c1-14-15(2)19(25-20(23)16-9-5-3-6-10-16)21(24-18(14)13-22)26-17-11-7-4-8-12-17/h3-12,14-15,18-19,21-22H,13H2,1-2H3/t14-,15+,18?,19?,21+/m1/s1. The SMILES string of the molecule is C[C@@H]1C(OC(=O)c2ccccc2)[C@H](Sc2ccccc2)OC(CO)[C@@H]1C. The number of aliphatic hydroxyl groups excluding tert-OH is 1. The predicted octanol–water partition coefficient (Wildman–Crippen LogP) is 3.99. The van der Waals surface area contributed by atoms with E-state index in [0.717, 1.165) is 4.90 Å². The maximum atomic E-state index is 12.6. The molecule has 0 radical (unpaired) electrons. The molecule has 138 valence electrons. The van der Waals surface area contributed by atoms with E-state index in [0.29, 0.717) is 5.56 Å². The van der Waals surface area contributed by atoms with Crippen molar-refractivity contribution in [3.05, 3.63) is 66.2 Å². The number of ether oxygens (including phenoxy) is 2. The van der Waals surface area contributed by atoms with E-state index in [1.807, 2.05) is 55.5 Å². The van der Waals surface area contributed by atoms with Crippen LogP contribution in [0.15, 0.2) is 65.6 Å². The van der Waals surface area contributed by atoms with E-state index in [1.165, 1.54) is 11.8 Å². The summed E-state index contributed by atoms with van der Waals surface area (Å²) < 4.78 is 12.0. The third kappa shape index (κ3) is 4.29. The summed E-state index contributed by atoms with van der Waals surface area (Å²) in [4.78, 5) is 13.6. The summed E-state index contributed by atoms with van der Waals surface area (Å²) in [6, 6.07) is 18.9. The van der Waals surface area contributed by atoms with Gasteiger partial charge in [-0.05, 0) is 30.2 Å². The van der Waals surface area contributed by atoms with Gasteiger partial charge >= 0.3 is 5.97 Å². The van der Waals surface area contributed by atoms with Crippen molar-refractivity contribution < 1.29 is 19.4 Å². The molecule has 1 fully saturated rings. The summed E-state index contributed by atoms with van der Waals surface area (Å²) in [6.45, 7) is 4.03. The summed E-state index contributed by atoms with van der Waals surface area (Å²) in [6.07, 6.45) is -0.663. The summed E-state index contributed by atoms with van der Waals surface area (Å²) in [7, 11) is 0. The molecule has 5 atom stereocenters. The van der Waals surface area contributed by atoms with Gasteiger partial charge in [0, 0.05) is 10.8 Å². The molecule has 0 spiro atoms. The Labute approximate surface area is 158 Å². The average molecular weight is 372 g/mol. The van der Waals surface area contributed by atoms with Crippen LogP contribution in [0, 0.1) is 11.8 Å². The third-order valence-electron chi connectivity index (χ3n) is 4.94. The molecule has 2 unspecified atom stereocenters. The third-order valence-corrected chi connectivity index (χ3v) is 6.10. The van der Waals surface area contributed by atoms with Gasteiger partial charge < -0.3 is 14.6 Å². The highest BCUT2D eigenvalue weighted by Gasteiger charge is 2.44. The number of aliphatic hydroxyl groups is 1. The van der Waals surface area contributed by atoms with Crippen LogP contribution in [-0.4, -0.2) is 35.3 Å². The van der Waals surface area contributed by atoms with Crippen LogP contribution in [0.25, 0.3) is 0 Å². The Morgan fingerprint density at radius 3 is 2.27 bits per heavy atom. The Kier molecular flexibility index (Phi) is 6.35. The van der Waals surface area contributed by atoms with E-state index >= 15 is 0 Å². The number of benzene rings is 2. The van der Waals surface area contributed by atoms with E-state index in [-0.39, 0.29) is 36.0 Å². The largest absolute Gasteiger partial charge is 0.455 e. The summed E-state index contributed by atoms with van der Waals surface area (Å²) >= 11 is 1.52. The number of carbonyl (C=O) groups excluding carboxylic acids is 1. The van der Waals surface area contributed by atoms with Crippen LogP contribution in [0.4, 0.5) is 0 Å². The molecule has 2 aromatic rings. The van der Waals surface area contributed by atoms with Crippen LogP contribution >= 0.6 is 11.8 Å². The molecule has 0 aromatic heterocycles. The Morgan fingerprint density at radius 1 is 1.04 bits per heavy atom. The number of thioether (sulfide) groups is 1. The van der Waals surface area contributed by atoms with Crippen molar-refractivity contribution in [2.45, 2.75) is 36.4 Å². The van der Waals surface area contributed by atoms with Gasteiger partial charge in [0.2, 0.25) is 0 Å². The first-order valence-electron chi connectivity index (χ1n) is 8.84. The van der Waals surface area contributed by atoms with Crippen LogP contribution in [0.5, 0.6) is 0 Å². The van der Waals surface area contributed by atoms with Crippen LogP contribution in [0.3, 0.4) is 0 Å². The van der Waals surface area contributed by atoms with Crippen LogP contribution < -0.4 is 0 Å². The zero-order valence-electron chi connectivity index (χ0n) is 14.9. The molecule has 1 heterocycles. The second kappa shape index (κ2) is 8.71. The number of rotatable bonds is 5. The Hall–Kier alpha value is -1.82. The van der Waals surface area contributed by atoms with Gasteiger partial charge in [0.1, 0.15) is 11.5 Å². The van der Waals surface area contributed by atoms with Gasteiger partial charge in [-0.25, -0.2) is 4.79 Å². The van der Waals surface area contributed by atoms with E-state index in [9.17, 15) is 9.90 Å². The lowest BCUT2D eigenvalue weighted by Crippen LogP contribution is -2.50. The zero-order chi connectivity index (χ0) is 18.5. The van der Waals surface area contributed by atoms with Crippen molar-refractivity contribution in [3.8, 4) is 0 Å². The lowest BCUT2D eigenvalue weighted by molar-refractivity contribution is -0.148. The highest BCUT2D eigenvalue weighted by molar-refractivity contribution is 7.99. The van der Waals surface area contributed by atoms with Gasteiger partial charge in [0.05, 0.1) is 18.3 Å². The van der Waals surface area contributed by atoms with Crippen LogP contribution in [0.1, 0.15) is 24.2 Å². The molecule has 0 aliphatic carbocycles. The van der Waals surface area contributed by atoms with Gasteiger partial charge in [-0.1, -0.05) is 62.0 Å². The van der Waals surface area contributed by atoms with Crippen molar-refractivity contribution >= 4 is 17.7 Å². The molecule has 4 nitrogen and oxygen atoms in total. The molecule has 1 aliphatic heterocycles. The van der Waals surface area contributed by atoms with Gasteiger partial charge in [-0.2, -0.15) is 0 Å². The van der Waals surface area contributed by atoms with Crippen molar-refractivity contribution in [3.63, 3.8) is 0 Å². The topological polar surface area (TPSA) is 55.8 Å². The smallest absolute Gasteiger partial charge is 0.338 e. The first-order chi connectivity index (χ1) is 12.6. The van der Waals surface area contributed by atoms with E-state index in [2.05, 4.69) is 6.92 Å². The second-order valence-corrected chi connectivity index (χ2v) is 7.78. The Bertz CT molecular complexity index is 706. The molecule has 3 rings (SSSR count). The van der Waals surface area contributed by atoms with E-state index in [1.54, 1.807) is 12.1 Å². The minimum Gasteiger partial charge on any atom is -0.455 e. The number of hydrogen-bond acceptors (Lipinski definition) is 5. The van der Waals surface area contributed by atoms with Gasteiger partial charge in [-0.15, -0.1) is 0 Å². The Balaban J connectivity index is 1.81. The lowest BCUT2D eigenvalue weighted by Gasteiger charge is -2.43. The fraction of sp³-hybridized carbons (Fsp3) is 0.381. The molecule has 1 N–H and O–H groups in total. The average Bonchev–Trinajstić information content (AvgIpc) is 2.68. The van der Waals surface area contributed by atoms with Crippen molar-refractivity contribution in [1.29, 1.82) is 0 Å². The van der Waals surface area contributed by atoms with Gasteiger partial charge in [0.15, 0.2) is 0 Å². The van der Waals surface area contributed by atoms with Gasteiger partial charge in [0.25, 0.3) is 0 Å². The minimum atomic E-state index is -0.397. The van der Waals surface area contributed by atoms with Crippen LogP contribution in [0.2, 0.25) is 0 Å². The Morgan fingerprint density at radius 2 is 1.65 bits per heavy atom. The molecule has 1 saturated heterocycles. The van der Waals surface area contributed by atoms with Crippen molar-refractivity contribution in [2.75, 3.05) is 6.61 Å². The van der Waals surface area contributed by atoms with Gasteiger partial charge in [-0.3, -0.25) is 0 Å². The quantitative estimate of drug-likeness (QED) is 0.804. The highest BCUT2D eigenvalue weighted by Crippen LogP contribution is 2.40. The first-order valence-corrected chi connectivity index (χ1v) is 9.72. The number of esters is 1. The molecular weight excluding hydrogens is 348 g/mol. The maximum absolute atomic E-state index is 12.6. The molecule has 1 aliphatic rings. The minimum absolute atomic E-state index is 0.0449. The fourth-order valence-electron chi connectivity index (χ4n) is 3.13. The predicted molar refractivity (Wildman–Crippen MR) is 102 cm³/mol. The highest BCUT2D eigenvalue weighted by atomic mass is 32.2. The van der Waals surface area contributed by atoms with E-state index in [4.69, 9.17) is 9.47 Å². The molecule has 2 aromatic carbocycles. The molecule has 0 amide bonds. The fourth-order valence-corrected chi connectivity index (χ4v) is 4.34. The summed E-state index contributed by atoms with van der Waals surface area (Å²) in [5, 5.41) is 9.67. The molecule has 26 heavy (non-hydrogen) atoms.